The van der Waals surface area contributed by atoms with E-state index in [2.05, 4.69) is 10.6 Å². The van der Waals surface area contributed by atoms with Crippen molar-refractivity contribution in [1.82, 2.24) is 15.5 Å². The number of hydrogen-bond acceptors (Lipinski definition) is 3. The van der Waals surface area contributed by atoms with Crippen molar-refractivity contribution in [3.63, 3.8) is 0 Å². The molecule has 0 atom stereocenters. The maximum Gasteiger partial charge on any atom is 0.315 e. The summed E-state index contributed by atoms with van der Waals surface area (Å²) in [5.74, 6) is -0.965. The van der Waals surface area contributed by atoms with Crippen LogP contribution in [-0.4, -0.2) is 35.8 Å². The average molecular weight is 355 g/mol. The van der Waals surface area contributed by atoms with Crippen LogP contribution in [0.3, 0.4) is 0 Å². The molecule has 0 unspecified atom stereocenters. The Morgan fingerprint density at radius 2 is 1.65 bits per heavy atom. The van der Waals surface area contributed by atoms with Crippen molar-refractivity contribution in [2.45, 2.75) is 13.0 Å². The second-order valence-corrected chi connectivity index (χ2v) is 5.90. The first-order valence-corrected chi connectivity index (χ1v) is 8.27. The highest BCUT2D eigenvalue weighted by Gasteiger charge is 2.34. The van der Waals surface area contributed by atoms with Crippen LogP contribution in [0.2, 0.25) is 0 Å². The van der Waals surface area contributed by atoms with E-state index in [1.807, 2.05) is 0 Å². The van der Waals surface area contributed by atoms with E-state index < -0.39 is 6.03 Å². The number of nitrogens with zero attached hydrogens (tertiary/aromatic N) is 1. The molecule has 2 aromatic carbocycles. The Kier molecular flexibility index (Phi) is 5.26. The quantitative estimate of drug-likeness (QED) is 0.617. The molecule has 0 radical (unpaired) electrons. The first-order chi connectivity index (χ1) is 12.6. The summed E-state index contributed by atoms with van der Waals surface area (Å²) in [6, 6.07) is 12.3. The van der Waals surface area contributed by atoms with Crippen molar-refractivity contribution in [2.75, 3.05) is 13.1 Å². The maximum absolute atomic E-state index is 13.1. The standard InChI is InChI=1S/C19H18FN3O3/c20-14-6-3-5-13(11-14)12-22-19(26)21-9-4-10-23-17(24)15-7-1-2-8-16(15)18(23)25/h1-3,5-8,11H,4,9-10,12H2,(H2,21,22,26). The minimum absolute atomic E-state index is 0.210. The third-order valence-electron chi connectivity index (χ3n) is 4.06. The molecule has 0 aromatic heterocycles. The molecule has 0 saturated carbocycles. The number of nitrogens with one attached hydrogen (secondary N) is 2. The SMILES string of the molecule is O=C(NCCCN1C(=O)c2ccccc2C1=O)NCc1cccc(F)c1. The van der Waals surface area contributed by atoms with E-state index in [-0.39, 0.29) is 30.7 Å². The van der Waals surface area contributed by atoms with Crippen molar-refractivity contribution in [2.24, 2.45) is 0 Å². The van der Waals surface area contributed by atoms with Crippen molar-refractivity contribution < 1.29 is 18.8 Å². The van der Waals surface area contributed by atoms with Crippen molar-refractivity contribution in [3.8, 4) is 0 Å². The molecule has 1 aliphatic rings. The lowest BCUT2D eigenvalue weighted by Crippen LogP contribution is -2.37. The van der Waals surface area contributed by atoms with Crippen molar-refractivity contribution in [3.05, 3.63) is 71.0 Å². The summed E-state index contributed by atoms with van der Waals surface area (Å²) in [6.07, 6.45) is 0.443. The molecular formula is C19H18FN3O3. The van der Waals surface area contributed by atoms with Gasteiger partial charge < -0.3 is 10.6 Å². The Morgan fingerprint density at radius 3 is 2.31 bits per heavy atom. The fourth-order valence-corrected chi connectivity index (χ4v) is 2.77. The molecular weight excluding hydrogens is 337 g/mol. The number of carbonyl (C=O) groups is 3. The number of hydrogen-bond donors (Lipinski definition) is 2. The Labute approximate surface area is 150 Å². The smallest absolute Gasteiger partial charge is 0.315 e. The largest absolute Gasteiger partial charge is 0.338 e. The molecule has 1 heterocycles. The molecule has 6 nitrogen and oxygen atoms in total. The number of rotatable bonds is 6. The highest BCUT2D eigenvalue weighted by atomic mass is 19.1. The zero-order valence-electron chi connectivity index (χ0n) is 14.0. The summed E-state index contributed by atoms with van der Waals surface area (Å²) in [5.41, 5.74) is 1.49. The van der Waals surface area contributed by atoms with Crippen molar-refractivity contribution in [1.29, 1.82) is 0 Å². The van der Waals surface area contributed by atoms with Gasteiger partial charge in [-0.1, -0.05) is 24.3 Å². The molecule has 0 aliphatic carbocycles. The first-order valence-electron chi connectivity index (χ1n) is 8.27. The number of carbonyl (C=O) groups excluding carboxylic acids is 3. The van der Waals surface area contributed by atoms with Gasteiger partial charge in [0.25, 0.3) is 11.8 Å². The maximum atomic E-state index is 13.1. The van der Waals surface area contributed by atoms with Crippen LogP contribution >= 0.6 is 0 Å². The second kappa shape index (κ2) is 7.77. The van der Waals surface area contributed by atoms with Crippen LogP contribution in [0.5, 0.6) is 0 Å². The van der Waals surface area contributed by atoms with Gasteiger partial charge >= 0.3 is 6.03 Å². The van der Waals surface area contributed by atoms with Gasteiger partial charge in [-0.15, -0.1) is 0 Å². The van der Waals surface area contributed by atoms with E-state index in [0.717, 1.165) is 0 Å². The van der Waals surface area contributed by atoms with Crippen molar-refractivity contribution >= 4 is 17.8 Å². The molecule has 26 heavy (non-hydrogen) atoms. The predicted octanol–water partition coefficient (Wildman–Crippen LogP) is 2.31. The Bertz CT molecular complexity index is 818. The van der Waals surface area contributed by atoms with E-state index >= 15 is 0 Å². The van der Waals surface area contributed by atoms with E-state index in [9.17, 15) is 18.8 Å². The second-order valence-electron chi connectivity index (χ2n) is 5.90. The molecule has 134 valence electrons. The number of urea groups is 1. The van der Waals surface area contributed by atoms with Gasteiger partial charge in [0.2, 0.25) is 0 Å². The summed E-state index contributed by atoms with van der Waals surface area (Å²) in [7, 11) is 0. The normalized spacial score (nSPS) is 12.9. The highest BCUT2D eigenvalue weighted by molar-refractivity contribution is 6.21. The van der Waals surface area contributed by atoms with Crippen LogP contribution < -0.4 is 10.6 Å². The van der Waals surface area contributed by atoms with Crippen LogP contribution in [-0.2, 0) is 6.54 Å². The molecule has 7 heteroatoms. The first kappa shape index (κ1) is 17.6. The zero-order valence-corrected chi connectivity index (χ0v) is 14.0. The molecule has 0 spiro atoms. The lowest BCUT2D eigenvalue weighted by Gasteiger charge is -2.14. The van der Waals surface area contributed by atoms with E-state index in [1.165, 1.54) is 17.0 Å². The summed E-state index contributed by atoms with van der Waals surface area (Å²) in [4.78, 5) is 37.3. The molecule has 1 aliphatic heterocycles. The number of imide groups is 1. The van der Waals surface area contributed by atoms with Gasteiger partial charge in [0.1, 0.15) is 5.82 Å². The third kappa shape index (κ3) is 3.88. The zero-order chi connectivity index (χ0) is 18.5. The minimum Gasteiger partial charge on any atom is -0.338 e. The summed E-state index contributed by atoms with van der Waals surface area (Å²) in [5, 5.41) is 5.27. The number of fused-ring (bicyclic) bond motifs is 1. The minimum atomic E-state index is -0.392. The highest BCUT2D eigenvalue weighted by Crippen LogP contribution is 2.22. The van der Waals surface area contributed by atoms with Gasteiger partial charge in [-0.25, -0.2) is 9.18 Å². The fourth-order valence-electron chi connectivity index (χ4n) is 2.77. The van der Waals surface area contributed by atoms with Gasteiger partial charge in [-0.2, -0.15) is 0 Å². The average Bonchev–Trinajstić information content (AvgIpc) is 2.88. The van der Waals surface area contributed by atoms with Gasteiger partial charge in [-0.05, 0) is 36.2 Å². The summed E-state index contributed by atoms with van der Waals surface area (Å²) < 4.78 is 13.1. The van der Waals surface area contributed by atoms with Gasteiger partial charge in [0.15, 0.2) is 0 Å². The Morgan fingerprint density at radius 1 is 0.962 bits per heavy atom. The molecule has 4 amide bonds. The van der Waals surface area contributed by atoms with E-state index in [0.29, 0.717) is 29.7 Å². The number of benzene rings is 2. The molecule has 0 fully saturated rings. The Balaban J connectivity index is 1.40. The van der Waals surface area contributed by atoms with Crippen LogP contribution in [0, 0.1) is 5.82 Å². The van der Waals surface area contributed by atoms with Gasteiger partial charge in [0, 0.05) is 19.6 Å². The van der Waals surface area contributed by atoms with Crippen LogP contribution in [0.1, 0.15) is 32.7 Å². The number of halogens is 1. The summed E-state index contributed by atoms with van der Waals surface area (Å²) >= 11 is 0. The number of amides is 4. The Hall–Kier alpha value is -3.22. The van der Waals surface area contributed by atoms with E-state index in [4.69, 9.17) is 0 Å². The molecule has 2 N–H and O–H groups in total. The molecule has 0 bridgehead atoms. The molecule has 0 saturated heterocycles. The molecule has 2 aromatic rings. The lowest BCUT2D eigenvalue weighted by atomic mass is 10.1. The van der Waals surface area contributed by atoms with Crippen LogP contribution in [0.4, 0.5) is 9.18 Å². The predicted molar refractivity (Wildman–Crippen MR) is 93.1 cm³/mol. The van der Waals surface area contributed by atoms with Crippen LogP contribution in [0.15, 0.2) is 48.5 Å². The fraction of sp³-hybridized carbons (Fsp3) is 0.211. The topological polar surface area (TPSA) is 78.5 Å². The van der Waals surface area contributed by atoms with E-state index in [1.54, 1.807) is 36.4 Å². The summed E-state index contributed by atoms with van der Waals surface area (Å²) in [6.45, 7) is 0.751. The molecule has 3 rings (SSSR count). The van der Waals surface area contributed by atoms with Gasteiger partial charge in [0.05, 0.1) is 11.1 Å². The van der Waals surface area contributed by atoms with Crippen LogP contribution in [0.25, 0.3) is 0 Å². The monoisotopic (exact) mass is 355 g/mol. The third-order valence-corrected chi connectivity index (χ3v) is 4.06. The lowest BCUT2D eigenvalue weighted by molar-refractivity contribution is 0.0653. The van der Waals surface area contributed by atoms with Gasteiger partial charge in [-0.3, -0.25) is 14.5 Å².